The van der Waals surface area contributed by atoms with Gasteiger partial charge in [0.25, 0.3) is 5.91 Å². The third-order valence-electron chi connectivity index (χ3n) is 5.09. The molecule has 0 spiro atoms. The molecule has 0 saturated carbocycles. The van der Waals surface area contributed by atoms with Crippen molar-refractivity contribution in [2.45, 2.75) is 26.3 Å². The summed E-state index contributed by atoms with van der Waals surface area (Å²) in [5, 5.41) is 6.35. The Balaban J connectivity index is 0.00000320. The number of hydrogen-bond acceptors (Lipinski definition) is 4. The Morgan fingerprint density at radius 3 is 2.60 bits per heavy atom. The molecule has 2 aromatic rings. The first-order valence-corrected chi connectivity index (χ1v) is 10.2. The Kier molecular flexibility index (Phi) is 9.64. The second kappa shape index (κ2) is 12.2. The van der Waals surface area contributed by atoms with E-state index in [-0.39, 0.29) is 36.7 Å². The molecular weight excluding hydrogens is 402 g/mol. The number of carbonyl (C=O) groups is 2. The van der Waals surface area contributed by atoms with Gasteiger partial charge >= 0.3 is 0 Å². The van der Waals surface area contributed by atoms with E-state index in [4.69, 9.17) is 4.74 Å². The molecular formula is C23H30ClN3O3. The maximum atomic E-state index is 12.8. The zero-order valence-electron chi connectivity index (χ0n) is 17.3. The molecule has 7 heteroatoms. The smallest absolute Gasteiger partial charge is 0.260 e. The quantitative estimate of drug-likeness (QED) is 0.671. The summed E-state index contributed by atoms with van der Waals surface area (Å²) < 4.78 is 5.57. The Hall–Kier alpha value is -2.57. The highest BCUT2D eigenvalue weighted by Gasteiger charge is 2.28. The highest BCUT2D eigenvalue weighted by molar-refractivity contribution is 5.94. The van der Waals surface area contributed by atoms with Crippen LogP contribution in [-0.2, 0) is 16.1 Å². The van der Waals surface area contributed by atoms with Gasteiger partial charge in [0, 0.05) is 25.3 Å². The van der Waals surface area contributed by atoms with E-state index < -0.39 is 0 Å². The van der Waals surface area contributed by atoms with Crippen molar-refractivity contribution in [1.82, 2.24) is 10.2 Å². The average Bonchev–Trinajstić information content (AvgIpc) is 2.77. The third-order valence-corrected chi connectivity index (χ3v) is 5.09. The standard InChI is InChI=1S/C23H29N3O3.ClH/c1-2-24-15-18-9-6-7-13-21(18)25-23(28)19-10-8-14-26(16-19)22(27)17-29-20-11-4-3-5-12-20;/h3-7,9,11-13,19,24H,2,8,10,14-17H2,1H3,(H,25,28);1H. The summed E-state index contributed by atoms with van der Waals surface area (Å²) in [6.45, 7) is 4.71. The van der Waals surface area contributed by atoms with E-state index in [9.17, 15) is 9.59 Å². The Labute approximate surface area is 184 Å². The minimum absolute atomic E-state index is 0. The van der Waals surface area contributed by atoms with Crippen molar-refractivity contribution in [3.8, 4) is 5.75 Å². The van der Waals surface area contributed by atoms with E-state index in [0.717, 1.165) is 30.6 Å². The number of para-hydroxylation sites is 2. The number of anilines is 1. The lowest BCUT2D eigenvalue weighted by Gasteiger charge is -2.32. The van der Waals surface area contributed by atoms with Crippen molar-refractivity contribution in [1.29, 1.82) is 0 Å². The van der Waals surface area contributed by atoms with Gasteiger partial charge in [-0.1, -0.05) is 43.3 Å². The number of carbonyl (C=O) groups excluding carboxylic acids is 2. The van der Waals surface area contributed by atoms with Crippen molar-refractivity contribution >= 4 is 29.9 Å². The second-order valence-corrected chi connectivity index (χ2v) is 7.21. The molecule has 1 saturated heterocycles. The van der Waals surface area contributed by atoms with Gasteiger partial charge in [0.1, 0.15) is 5.75 Å². The Bertz CT molecular complexity index is 816. The molecule has 162 valence electrons. The molecule has 0 radical (unpaired) electrons. The number of ether oxygens (including phenoxy) is 1. The van der Waals surface area contributed by atoms with Crippen LogP contribution in [0.2, 0.25) is 0 Å². The number of halogens is 1. The molecule has 3 rings (SSSR count). The number of nitrogens with one attached hydrogen (secondary N) is 2. The van der Waals surface area contributed by atoms with Crippen LogP contribution in [0.15, 0.2) is 54.6 Å². The average molecular weight is 432 g/mol. The van der Waals surface area contributed by atoms with Gasteiger partial charge in [-0.05, 0) is 43.1 Å². The minimum atomic E-state index is -0.211. The fraction of sp³-hybridized carbons (Fsp3) is 0.391. The summed E-state index contributed by atoms with van der Waals surface area (Å²) in [5.74, 6) is 0.343. The Morgan fingerprint density at radius 2 is 1.83 bits per heavy atom. The first kappa shape index (κ1) is 23.7. The number of nitrogens with zero attached hydrogens (tertiary/aromatic N) is 1. The highest BCUT2D eigenvalue weighted by Crippen LogP contribution is 2.21. The van der Waals surface area contributed by atoms with Crippen LogP contribution >= 0.6 is 12.4 Å². The Morgan fingerprint density at radius 1 is 1.10 bits per heavy atom. The van der Waals surface area contributed by atoms with Gasteiger partial charge in [0.05, 0.1) is 5.92 Å². The predicted molar refractivity (Wildman–Crippen MR) is 121 cm³/mol. The number of hydrogen-bond donors (Lipinski definition) is 2. The van der Waals surface area contributed by atoms with Crippen LogP contribution < -0.4 is 15.4 Å². The zero-order chi connectivity index (χ0) is 20.5. The topological polar surface area (TPSA) is 70.7 Å². The van der Waals surface area contributed by atoms with Gasteiger partial charge in [0.15, 0.2) is 6.61 Å². The molecule has 2 aromatic carbocycles. The molecule has 1 atom stereocenters. The van der Waals surface area contributed by atoms with E-state index in [0.29, 0.717) is 25.4 Å². The summed E-state index contributed by atoms with van der Waals surface area (Å²) in [7, 11) is 0. The van der Waals surface area contributed by atoms with Crippen LogP contribution in [0.3, 0.4) is 0 Å². The molecule has 0 aromatic heterocycles. The molecule has 1 aliphatic rings. The fourth-order valence-corrected chi connectivity index (χ4v) is 3.46. The van der Waals surface area contributed by atoms with Crippen LogP contribution in [0.1, 0.15) is 25.3 Å². The van der Waals surface area contributed by atoms with Crippen LogP contribution in [0.4, 0.5) is 5.69 Å². The SMILES string of the molecule is CCNCc1ccccc1NC(=O)C1CCCN(C(=O)COc2ccccc2)C1.Cl. The second-order valence-electron chi connectivity index (χ2n) is 7.21. The van der Waals surface area contributed by atoms with Gasteiger partial charge in [-0.2, -0.15) is 0 Å². The monoisotopic (exact) mass is 431 g/mol. The molecule has 1 aliphatic heterocycles. The fourth-order valence-electron chi connectivity index (χ4n) is 3.46. The maximum Gasteiger partial charge on any atom is 0.260 e. The molecule has 1 heterocycles. The summed E-state index contributed by atoms with van der Waals surface area (Å²) in [5.41, 5.74) is 1.89. The molecule has 1 unspecified atom stereocenters. The number of benzene rings is 2. The summed E-state index contributed by atoms with van der Waals surface area (Å²) in [6.07, 6.45) is 1.60. The lowest BCUT2D eigenvalue weighted by molar-refractivity contribution is -0.136. The van der Waals surface area contributed by atoms with E-state index in [1.54, 1.807) is 4.90 Å². The molecule has 0 bridgehead atoms. The van der Waals surface area contributed by atoms with E-state index in [1.165, 1.54) is 0 Å². The van der Waals surface area contributed by atoms with Gasteiger partial charge in [-0.15, -0.1) is 12.4 Å². The van der Waals surface area contributed by atoms with E-state index in [1.807, 2.05) is 54.6 Å². The lowest BCUT2D eigenvalue weighted by Crippen LogP contribution is -2.45. The van der Waals surface area contributed by atoms with Crippen molar-refractivity contribution in [3.63, 3.8) is 0 Å². The molecule has 6 nitrogen and oxygen atoms in total. The van der Waals surface area contributed by atoms with Gasteiger partial charge in [-0.25, -0.2) is 0 Å². The summed E-state index contributed by atoms with van der Waals surface area (Å²) in [4.78, 5) is 27.1. The first-order chi connectivity index (χ1) is 14.2. The van der Waals surface area contributed by atoms with Crippen LogP contribution in [0.5, 0.6) is 5.75 Å². The molecule has 2 N–H and O–H groups in total. The highest BCUT2D eigenvalue weighted by atomic mass is 35.5. The van der Waals surface area contributed by atoms with Crippen molar-refractivity contribution < 1.29 is 14.3 Å². The number of amides is 2. The summed E-state index contributed by atoms with van der Waals surface area (Å²) >= 11 is 0. The van der Waals surface area contributed by atoms with Gasteiger partial charge < -0.3 is 20.3 Å². The first-order valence-electron chi connectivity index (χ1n) is 10.2. The molecule has 30 heavy (non-hydrogen) atoms. The number of likely N-dealkylation sites (tertiary alicyclic amines) is 1. The van der Waals surface area contributed by atoms with Crippen molar-refractivity contribution in [3.05, 3.63) is 60.2 Å². The van der Waals surface area contributed by atoms with Gasteiger partial charge in [-0.3, -0.25) is 9.59 Å². The molecule has 2 amide bonds. The minimum Gasteiger partial charge on any atom is -0.484 e. The van der Waals surface area contributed by atoms with Crippen LogP contribution in [-0.4, -0.2) is 43.0 Å². The third kappa shape index (κ3) is 6.75. The summed E-state index contributed by atoms with van der Waals surface area (Å²) in [6, 6.07) is 17.1. The number of piperidine rings is 1. The van der Waals surface area contributed by atoms with E-state index >= 15 is 0 Å². The van der Waals surface area contributed by atoms with Crippen LogP contribution in [0.25, 0.3) is 0 Å². The molecule has 1 fully saturated rings. The predicted octanol–water partition coefficient (Wildman–Crippen LogP) is 3.47. The normalized spacial score (nSPS) is 15.8. The molecule has 0 aliphatic carbocycles. The van der Waals surface area contributed by atoms with Crippen LogP contribution in [0, 0.1) is 5.92 Å². The van der Waals surface area contributed by atoms with E-state index in [2.05, 4.69) is 17.6 Å². The maximum absolute atomic E-state index is 12.8. The largest absolute Gasteiger partial charge is 0.484 e. The lowest BCUT2D eigenvalue weighted by atomic mass is 9.96. The zero-order valence-corrected chi connectivity index (χ0v) is 18.1. The number of rotatable bonds is 8. The van der Waals surface area contributed by atoms with Gasteiger partial charge in [0.2, 0.25) is 5.91 Å². The van der Waals surface area contributed by atoms with Crippen molar-refractivity contribution in [2.75, 3.05) is 31.6 Å². The van der Waals surface area contributed by atoms with Crippen molar-refractivity contribution in [2.24, 2.45) is 5.92 Å².